The number of hydrogen-bond donors (Lipinski definition) is 1. The molecule has 0 aliphatic heterocycles. The average Bonchev–Trinajstić information content (AvgIpc) is 2.29. The van der Waals surface area contributed by atoms with Crippen LogP contribution in [0.5, 0.6) is 0 Å². The van der Waals surface area contributed by atoms with Gasteiger partial charge in [0.15, 0.2) is 0 Å². The highest BCUT2D eigenvalue weighted by Gasteiger charge is 2.11. The van der Waals surface area contributed by atoms with Crippen LogP contribution in [0.25, 0.3) is 0 Å². The van der Waals surface area contributed by atoms with Crippen molar-refractivity contribution >= 4 is 0 Å². The van der Waals surface area contributed by atoms with Crippen molar-refractivity contribution in [3.63, 3.8) is 0 Å². The van der Waals surface area contributed by atoms with Crippen LogP contribution in [0.15, 0.2) is 24.3 Å². The Bertz CT molecular complexity index is 356. The standard InChI is InChI=1S/C18H31N/c1-14(2)15(3)19-12-11-16-7-9-17(10-8-16)13-18(4,5)6/h7-10,14-15,19H,11-13H2,1-6H3. The molecule has 0 heterocycles. The molecule has 1 heteroatoms. The number of hydrogen-bond acceptors (Lipinski definition) is 1. The molecule has 1 aromatic carbocycles. The molecule has 0 aromatic heterocycles. The van der Waals surface area contributed by atoms with Gasteiger partial charge in [-0.2, -0.15) is 0 Å². The van der Waals surface area contributed by atoms with Crippen molar-refractivity contribution < 1.29 is 0 Å². The van der Waals surface area contributed by atoms with Crippen molar-refractivity contribution in [2.45, 2.75) is 60.4 Å². The van der Waals surface area contributed by atoms with Gasteiger partial charge in [0.05, 0.1) is 0 Å². The van der Waals surface area contributed by atoms with E-state index in [1.807, 2.05) is 0 Å². The molecule has 0 fully saturated rings. The Balaban J connectivity index is 2.40. The van der Waals surface area contributed by atoms with Crippen molar-refractivity contribution in [2.75, 3.05) is 6.54 Å². The molecule has 0 radical (unpaired) electrons. The van der Waals surface area contributed by atoms with Gasteiger partial charge in [-0.05, 0) is 48.8 Å². The van der Waals surface area contributed by atoms with E-state index in [9.17, 15) is 0 Å². The average molecular weight is 261 g/mol. The summed E-state index contributed by atoms with van der Waals surface area (Å²) in [6.07, 6.45) is 2.27. The van der Waals surface area contributed by atoms with Gasteiger partial charge in [0.2, 0.25) is 0 Å². The molecule has 0 aliphatic carbocycles. The van der Waals surface area contributed by atoms with Crippen LogP contribution in [0, 0.1) is 11.3 Å². The van der Waals surface area contributed by atoms with Crippen molar-refractivity contribution in [3.8, 4) is 0 Å². The number of benzene rings is 1. The zero-order valence-electron chi connectivity index (χ0n) is 13.6. The summed E-state index contributed by atoms with van der Waals surface area (Å²) in [5.41, 5.74) is 3.25. The molecule has 0 saturated carbocycles. The molecule has 1 nitrogen and oxygen atoms in total. The van der Waals surface area contributed by atoms with Crippen LogP contribution in [0.3, 0.4) is 0 Å². The normalized spacial score (nSPS) is 13.8. The lowest BCUT2D eigenvalue weighted by atomic mass is 9.88. The fourth-order valence-corrected chi connectivity index (χ4v) is 2.12. The molecule has 19 heavy (non-hydrogen) atoms. The van der Waals surface area contributed by atoms with Crippen LogP contribution in [0.1, 0.15) is 52.7 Å². The van der Waals surface area contributed by atoms with Crippen LogP contribution in [-0.4, -0.2) is 12.6 Å². The van der Waals surface area contributed by atoms with Gasteiger partial charge in [-0.25, -0.2) is 0 Å². The zero-order chi connectivity index (χ0) is 14.5. The summed E-state index contributed by atoms with van der Waals surface area (Å²) in [5.74, 6) is 0.703. The minimum Gasteiger partial charge on any atom is -0.314 e. The van der Waals surface area contributed by atoms with E-state index in [2.05, 4.69) is 71.1 Å². The third kappa shape index (κ3) is 6.77. The van der Waals surface area contributed by atoms with Gasteiger partial charge < -0.3 is 5.32 Å². The van der Waals surface area contributed by atoms with Gasteiger partial charge in [-0.3, -0.25) is 0 Å². The molecule has 1 aromatic rings. The van der Waals surface area contributed by atoms with E-state index in [1.54, 1.807) is 0 Å². The van der Waals surface area contributed by atoms with Crippen molar-refractivity contribution in [1.29, 1.82) is 0 Å². The third-order valence-corrected chi connectivity index (χ3v) is 3.64. The first-order valence-corrected chi connectivity index (χ1v) is 7.59. The summed E-state index contributed by atoms with van der Waals surface area (Å²) in [5, 5.41) is 3.58. The quantitative estimate of drug-likeness (QED) is 0.797. The summed E-state index contributed by atoms with van der Waals surface area (Å²) in [4.78, 5) is 0. The SMILES string of the molecule is CC(C)C(C)NCCc1ccc(CC(C)(C)C)cc1. The Kier molecular flexibility index (Phi) is 6.06. The second kappa shape index (κ2) is 7.09. The van der Waals surface area contributed by atoms with Gasteiger partial charge in [0, 0.05) is 6.04 Å². The van der Waals surface area contributed by atoms with E-state index >= 15 is 0 Å². The second-order valence-electron chi connectivity index (χ2n) is 7.29. The van der Waals surface area contributed by atoms with E-state index in [4.69, 9.17) is 0 Å². The molecule has 1 N–H and O–H groups in total. The zero-order valence-corrected chi connectivity index (χ0v) is 13.6. The predicted octanol–water partition coefficient (Wildman–Crippen LogP) is 4.45. The Morgan fingerprint density at radius 2 is 1.47 bits per heavy atom. The molecule has 0 amide bonds. The maximum Gasteiger partial charge on any atom is 0.00618 e. The highest BCUT2D eigenvalue weighted by atomic mass is 14.9. The fourth-order valence-electron chi connectivity index (χ4n) is 2.12. The first-order valence-electron chi connectivity index (χ1n) is 7.59. The van der Waals surface area contributed by atoms with Gasteiger partial charge in [0.25, 0.3) is 0 Å². The summed E-state index contributed by atoms with van der Waals surface area (Å²) in [6.45, 7) is 14.7. The van der Waals surface area contributed by atoms with Crippen LogP contribution in [0.4, 0.5) is 0 Å². The first kappa shape index (κ1) is 16.2. The van der Waals surface area contributed by atoms with Crippen LogP contribution >= 0.6 is 0 Å². The molecule has 1 unspecified atom stereocenters. The van der Waals surface area contributed by atoms with E-state index in [0.29, 0.717) is 17.4 Å². The second-order valence-corrected chi connectivity index (χ2v) is 7.29. The minimum atomic E-state index is 0.371. The van der Waals surface area contributed by atoms with Crippen LogP contribution in [-0.2, 0) is 12.8 Å². The van der Waals surface area contributed by atoms with Crippen molar-refractivity contribution in [2.24, 2.45) is 11.3 Å². The fraction of sp³-hybridized carbons (Fsp3) is 0.667. The molecule has 1 atom stereocenters. The van der Waals surface area contributed by atoms with Gasteiger partial charge in [-0.1, -0.05) is 58.9 Å². The maximum atomic E-state index is 3.58. The van der Waals surface area contributed by atoms with E-state index < -0.39 is 0 Å². The Morgan fingerprint density at radius 1 is 0.947 bits per heavy atom. The van der Waals surface area contributed by atoms with Crippen LogP contribution < -0.4 is 5.32 Å². The monoisotopic (exact) mass is 261 g/mol. The van der Waals surface area contributed by atoms with E-state index in [1.165, 1.54) is 11.1 Å². The highest BCUT2D eigenvalue weighted by molar-refractivity contribution is 5.23. The third-order valence-electron chi connectivity index (χ3n) is 3.64. The molecule has 0 saturated heterocycles. The van der Waals surface area contributed by atoms with Crippen LogP contribution in [0.2, 0.25) is 0 Å². The minimum absolute atomic E-state index is 0.371. The van der Waals surface area contributed by atoms with E-state index in [0.717, 1.165) is 19.4 Å². The Hall–Kier alpha value is -0.820. The molecule has 0 bridgehead atoms. The molecule has 108 valence electrons. The van der Waals surface area contributed by atoms with Gasteiger partial charge >= 0.3 is 0 Å². The molecule has 1 rings (SSSR count). The summed E-state index contributed by atoms with van der Waals surface area (Å²) in [6, 6.07) is 9.73. The molecular weight excluding hydrogens is 230 g/mol. The smallest absolute Gasteiger partial charge is 0.00618 e. The highest BCUT2D eigenvalue weighted by Crippen LogP contribution is 2.20. The van der Waals surface area contributed by atoms with Crippen molar-refractivity contribution in [3.05, 3.63) is 35.4 Å². The number of rotatable bonds is 6. The summed E-state index contributed by atoms with van der Waals surface area (Å²) in [7, 11) is 0. The lowest BCUT2D eigenvalue weighted by Crippen LogP contribution is -2.32. The lowest BCUT2D eigenvalue weighted by molar-refractivity contribution is 0.411. The molecular formula is C18H31N. The van der Waals surface area contributed by atoms with Gasteiger partial charge in [0.1, 0.15) is 0 Å². The predicted molar refractivity (Wildman–Crippen MR) is 85.6 cm³/mol. The topological polar surface area (TPSA) is 12.0 Å². The Labute approximate surface area is 119 Å². The first-order chi connectivity index (χ1) is 8.78. The molecule has 0 spiro atoms. The van der Waals surface area contributed by atoms with Crippen molar-refractivity contribution in [1.82, 2.24) is 5.32 Å². The summed E-state index contributed by atoms with van der Waals surface area (Å²) < 4.78 is 0. The summed E-state index contributed by atoms with van der Waals surface area (Å²) >= 11 is 0. The van der Waals surface area contributed by atoms with Gasteiger partial charge in [-0.15, -0.1) is 0 Å². The largest absolute Gasteiger partial charge is 0.314 e. The number of nitrogens with one attached hydrogen (secondary N) is 1. The molecule has 0 aliphatic rings. The van der Waals surface area contributed by atoms with E-state index in [-0.39, 0.29) is 0 Å². The lowest BCUT2D eigenvalue weighted by Gasteiger charge is -2.19. The Morgan fingerprint density at radius 3 is 1.95 bits per heavy atom. The maximum absolute atomic E-state index is 3.58.